The largest absolute Gasteiger partial charge is 0.496 e. The van der Waals surface area contributed by atoms with E-state index in [1.165, 1.54) is 0 Å². The van der Waals surface area contributed by atoms with Crippen molar-refractivity contribution in [3.8, 4) is 23.3 Å². The molecule has 0 saturated carbocycles. The summed E-state index contributed by atoms with van der Waals surface area (Å²) < 4.78 is 11.4. The van der Waals surface area contributed by atoms with Crippen LogP contribution in [0.2, 0.25) is 0 Å². The molecule has 0 aromatic heterocycles. The van der Waals surface area contributed by atoms with Gasteiger partial charge < -0.3 is 14.8 Å². The third-order valence-corrected chi connectivity index (χ3v) is 3.30. The van der Waals surface area contributed by atoms with Crippen LogP contribution in [0.25, 0.3) is 0 Å². The second kappa shape index (κ2) is 6.78. The summed E-state index contributed by atoms with van der Waals surface area (Å²) in [5, 5.41) is 12.1. The zero-order valence-corrected chi connectivity index (χ0v) is 12.4. The summed E-state index contributed by atoms with van der Waals surface area (Å²) in [7, 11) is 3.53. The van der Waals surface area contributed by atoms with E-state index < -0.39 is 0 Å². The maximum Gasteiger partial charge on any atom is 0.135 e. The molecule has 0 amide bonds. The summed E-state index contributed by atoms with van der Waals surface area (Å²) in [5.41, 5.74) is 1.52. The number of hydrogen-bond acceptors (Lipinski definition) is 4. The minimum Gasteiger partial charge on any atom is -0.496 e. The monoisotopic (exact) mass is 282 g/mol. The van der Waals surface area contributed by atoms with Crippen LogP contribution in [0.5, 0.6) is 17.2 Å². The van der Waals surface area contributed by atoms with Gasteiger partial charge in [-0.1, -0.05) is 12.1 Å². The number of benzene rings is 2. The fraction of sp³-hybridized carbons (Fsp3) is 0.235. The second-order valence-electron chi connectivity index (χ2n) is 4.62. The van der Waals surface area contributed by atoms with Gasteiger partial charge >= 0.3 is 0 Å². The molecule has 0 bridgehead atoms. The van der Waals surface area contributed by atoms with Gasteiger partial charge in [-0.15, -0.1) is 0 Å². The fourth-order valence-electron chi connectivity index (χ4n) is 2.12. The molecule has 0 heterocycles. The van der Waals surface area contributed by atoms with Gasteiger partial charge in [0.05, 0.1) is 24.3 Å². The minimum atomic E-state index is 0.0790. The van der Waals surface area contributed by atoms with E-state index in [-0.39, 0.29) is 6.04 Å². The summed E-state index contributed by atoms with van der Waals surface area (Å²) >= 11 is 0. The van der Waals surface area contributed by atoms with Gasteiger partial charge in [-0.05, 0) is 44.3 Å². The zero-order valence-electron chi connectivity index (χ0n) is 12.4. The Morgan fingerprint density at radius 2 is 1.86 bits per heavy atom. The first-order chi connectivity index (χ1) is 10.2. The van der Waals surface area contributed by atoms with E-state index in [9.17, 15) is 0 Å². The Labute approximate surface area is 124 Å². The molecule has 1 N–H and O–H groups in total. The predicted molar refractivity (Wildman–Crippen MR) is 81.7 cm³/mol. The molecule has 0 spiro atoms. The lowest BCUT2D eigenvalue weighted by Crippen LogP contribution is -2.14. The van der Waals surface area contributed by atoms with Crippen molar-refractivity contribution in [1.29, 1.82) is 5.26 Å². The van der Waals surface area contributed by atoms with Gasteiger partial charge in [0, 0.05) is 6.04 Å². The summed E-state index contributed by atoms with van der Waals surface area (Å²) in [5.74, 6) is 2.11. The number of nitrogens with zero attached hydrogens (tertiary/aromatic N) is 1. The Balaban J connectivity index is 2.41. The lowest BCUT2D eigenvalue weighted by molar-refractivity contribution is 0.393. The van der Waals surface area contributed by atoms with Gasteiger partial charge in [0.25, 0.3) is 0 Å². The number of rotatable bonds is 5. The molecular formula is C17H18N2O2. The van der Waals surface area contributed by atoms with Gasteiger partial charge in [0.2, 0.25) is 0 Å². The van der Waals surface area contributed by atoms with Crippen molar-refractivity contribution in [2.75, 3.05) is 14.2 Å². The maximum absolute atomic E-state index is 8.96. The van der Waals surface area contributed by atoms with Crippen molar-refractivity contribution in [2.24, 2.45) is 0 Å². The normalized spacial score (nSPS) is 11.5. The van der Waals surface area contributed by atoms with E-state index in [0.29, 0.717) is 17.1 Å². The average Bonchev–Trinajstić information content (AvgIpc) is 2.54. The molecule has 0 fully saturated rings. The van der Waals surface area contributed by atoms with Gasteiger partial charge in [0.1, 0.15) is 17.2 Å². The Hall–Kier alpha value is -2.51. The Kier molecular flexibility index (Phi) is 4.81. The lowest BCUT2D eigenvalue weighted by Gasteiger charge is -2.19. The highest BCUT2D eigenvalue weighted by Gasteiger charge is 2.16. The number of hydrogen-bond donors (Lipinski definition) is 1. The van der Waals surface area contributed by atoms with Crippen LogP contribution in [0.1, 0.15) is 24.1 Å². The van der Waals surface area contributed by atoms with Crippen LogP contribution < -0.4 is 14.8 Å². The van der Waals surface area contributed by atoms with Crippen molar-refractivity contribution in [2.45, 2.75) is 13.0 Å². The number of ether oxygens (including phenoxy) is 2. The molecule has 1 atom stereocenters. The van der Waals surface area contributed by atoms with E-state index in [4.69, 9.17) is 14.7 Å². The molecule has 2 aromatic rings. The van der Waals surface area contributed by atoms with E-state index in [0.717, 1.165) is 11.3 Å². The van der Waals surface area contributed by atoms with Gasteiger partial charge in [-0.25, -0.2) is 0 Å². The van der Waals surface area contributed by atoms with E-state index in [1.807, 2.05) is 38.2 Å². The van der Waals surface area contributed by atoms with Crippen LogP contribution in [0.3, 0.4) is 0 Å². The van der Waals surface area contributed by atoms with Crippen molar-refractivity contribution in [3.63, 3.8) is 0 Å². The van der Waals surface area contributed by atoms with Gasteiger partial charge in [0.15, 0.2) is 0 Å². The van der Waals surface area contributed by atoms with Gasteiger partial charge in [-0.3, -0.25) is 0 Å². The number of nitriles is 1. The third kappa shape index (κ3) is 3.33. The summed E-state index contributed by atoms with van der Waals surface area (Å²) in [6, 6.07) is 15.0. The van der Waals surface area contributed by atoms with Crippen LogP contribution in [-0.2, 0) is 0 Å². The van der Waals surface area contributed by atoms with E-state index >= 15 is 0 Å². The quantitative estimate of drug-likeness (QED) is 0.909. The topological polar surface area (TPSA) is 54.3 Å². The molecule has 4 heteroatoms. The predicted octanol–water partition coefficient (Wildman–Crippen LogP) is 3.64. The van der Waals surface area contributed by atoms with Crippen molar-refractivity contribution < 1.29 is 9.47 Å². The first-order valence-electron chi connectivity index (χ1n) is 6.71. The number of nitrogens with one attached hydrogen (secondary N) is 1. The minimum absolute atomic E-state index is 0.0790. The highest BCUT2D eigenvalue weighted by atomic mass is 16.5. The van der Waals surface area contributed by atoms with Crippen molar-refractivity contribution in [1.82, 2.24) is 5.32 Å². The van der Waals surface area contributed by atoms with Crippen molar-refractivity contribution >= 4 is 0 Å². The zero-order chi connectivity index (χ0) is 15.2. The molecule has 0 aliphatic carbocycles. The molecule has 21 heavy (non-hydrogen) atoms. The first kappa shape index (κ1) is 14.9. The molecule has 0 aliphatic heterocycles. The van der Waals surface area contributed by atoms with Crippen LogP contribution in [0, 0.1) is 11.3 Å². The standard InChI is InChI=1S/C17H18N2O2/c1-12(19-2)17-15(20-3)8-5-9-16(17)21-14-7-4-6-13(10-14)11-18/h4-10,12,19H,1-3H3. The number of methoxy groups -OCH3 is 1. The van der Waals surface area contributed by atoms with Gasteiger partial charge in [-0.2, -0.15) is 5.26 Å². The molecule has 0 radical (unpaired) electrons. The van der Waals surface area contributed by atoms with Crippen LogP contribution in [0.15, 0.2) is 42.5 Å². The molecule has 4 nitrogen and oxygen atoms in total. The Morgan fingerprint density at radius 1 is 1.14 bits per heavy atom. The van der Waals surface area contributed by atoms with Crippen molar-refractivity contribution in [3.05, 3.63) is 53.6 Å². The van der Waals surface area contributed by atoms with Crippen LogP contribution >= 0.6 is 0 Å². The van der Waals surface area contributed by atoms with E-state index in [2.05, 4.69) is 11.4 Å². The van der Waals surface area contributed by atoms with Crippen LogP contribution in [0.4, 0.5) is 0 Å². The highest BCUT2D eigenvalue weighted by Crippen LogP contribution is 2.36. The second-order valence-corrected chi connectivity index (χ2v) is 4.62. The molecule has 0 saturated heterocycles. The summed E-state index contributed by atoms with van der Waals surface area (Å²) in [4.78, 5) is 0. The molecule has 108 valence electrons. The summed E-state index contributed by atoms with van der Waals surface area (Å²) in [6.07, 6.45) is 0. The smallest absolute Gasteiger partial charge is 0.135 e. The fourth-order valence-corrected chi connectivity index (χ4v) is 2.12. The highest BCUT2D eigenvalue weighted by molar-refractivity contribution is 5.49. The SMILES string of the molecule is CNC(C)c1c(OC)cccc1Oc1cccc(C#N)c1. The molecule has 1 unspecified atom stereocenters. The lowest BCUT2D eigenvalue weighted by atomic mass is 10.1. The molecule has 2 aromatic carbocycles. The molecule has 0 aliphatic rings. The summed E-state index contributed by atoms with van der Waals surface area (Å²) in [6.45, 7) is 2.04. The third-order valence-electron chi connectivity index (χ3n) is 3.30. The maximum atomic E-state index is 8.96. The average molecular weight is 282 g/mol. The van der Waals surface area contributed by atoms with Crippen LogP contribution in [-0.4, -0.2) is 14.2 Å². The Morgan fingerprint density at radius 3 is 2.52 bits per heavy atom. The molecular weight excluding hydrogens is 264 g/mol. The molecule has 2 rings (SSSR count). The first-order valence-corrected chi connectivity index (χ1v) is 6.71. The van der Waals surface area contributed by atoms with E-state index in [1.54, 1.807) is 25.3 Å². The Bertz CT molecular complexity index is 662.